The second kappa shape index (κ2) is 6.70. The van der Waals surface area contributed by atoms with Gasteiger partial charge in [-0.25, -0.2) is 9.18 Å². The van der Waals surface area contributed by atoms with Gasteiger partial charge in [-0.2, -0.15) is 0 Å². The summed E-state index contributed by atoms with van der Waals surface area (Å²) in [7, 11) is 0. The smallest absolute Gasteiger partial charge is 0.358 e. The van der Waals surface area contributed by atoms with Crippen LogP contribution < -0.4 is 0 Å². The van der Waals surface area contributed by atoms with Crippen molar-refractivity contribution in [2.45, 2.75) is 51.0 Å². The van der Waals surface area contributed by atoms with Gasteiger partial charge in [0.25, 0.3) is 0 Å². The Morgan fingerprint density at radius 3 is 2.43 bits per heavy atom. The fraction of sp³-hybridized carbons (Fsp3) is 0.500. The molecular formula is C16H20FNO3. The minimum atomic E-state index is -1.29. The van der Waals surface area contributed by atoms with E-state index in [0.717, 1.165) is 38.5 Å². The maximum Gasteiger partial charge on any atom is 0.358 e. The Hall–Kier alpha value is -1.91. The first-order chi connectivity index (χ1) is 10.0. The third-order valence-electron chi connectivity index (χ3n) is 3.85. The maximum absolute atomic E-state index is 13.7. The number of oxime groups is 1. The minimum Gasteiger partial charge on any atom is -0.476 e. The lowest BCUT2D eigenvalue weighted by Gasteiger charge is -2.25. The van der Waals surface area contributed by atoms with Gasteiger partial charge in [0.15, 0.2) is 5.71 Å². The van der Waals surface area contributed by atoms with Gasteiger partial charge in [0.05, 0.1) is 0 Å². The summed E-state index contributed by atoms with van der Waals surface area (Å²) in [6, 6.07) is 5.68. The van der Waals surface area contributed by atoms with E-state index < -0.39 is 23.1 Å². The van der Waals surface area contributed by atoms with Crippen LogP contribution in [0.3, 0.4) is 0 Å². The lowest BCUT2D eigenvalue weighted by molar-refractivity contribution is -0.129. The molecule has 1 N–H and O–H groups in total. The second-order valence-corrected chi connectivity index (χ2v) is 5.68. The van der Waals surface area contributed by atoms with Crippen molar-refractivity contribution in [3.63, 3.8) is 0 Å². The van der Waals surface area contributed by atoms with Crippen LogP contribution in [0.15, 0.2) is 29.4 Å². The van der Waals surface area contributed by atoms with Crippen molar-refractivity contribution >= 4 is 11.7 Å². The average molecular weight is 293 g/mol. The molecule has 0 aliphatic heterocycles. The van der Waals surface area contributed by atoms with E-state index in [0.29, 0.717) is 0 Å². The summed E-state index contributed by atoms with van der Waals surface area (Å²) in [6.45, 7) is 1.93. The van der Waals surface area contributed by atoms with E-state index in [1.807, 2.05) is 6.92 Å². The predicted octanol–water partition coefficient (Wildman–Crippen LogP) is 3.74. The Balaban J connectivity index is 2.22. The van der Waals surface area contributed by atoms with Crippen LogP contribution in [-0.2, 0) is 9.63 Å². The number of carboxylic acid groups (broad SMARTS) is 1. The van der Waals surface area contributed by atoms with Crippen LogP contribution in [0, 0.1) is 5.82 Å². The molecule has 114 valence electrons. The normalized spacial score (nSPS) is 18.9. The number of carbonyl (C=O) groups is 1. The minimum absolute atomic E-state index is 0.0535. The monoisotopic (exact) mass is 293 g/mol. The second-order valence-electron chi connectivity index (χ2n) is 5.68. The van der Waals surface area contributed by atoms with Crippen LogP contribution >= 0.6 is 0 Å². The summed E-state index contributed by atoms with van der Waals surface area (Å²) in [5.41, 5.74) is -0.913. The Kier molecular flexibility index (Phi) is 4.94. The number of halogens is 1. The van der Waals surface area contributed by atoms with Crippen LogP contribution in [0.4, 0.5) is 4.39 Å². The molecule has 2 rings (SSSR count). The molecule has 0 amide bonds. The maximum atomic E-state index is 13.7. The summed E-state index contributed by atoms with van der Waals surface area (Å²) in [5.74, 6) is -1.91. The fourth-order valence-electron chi connectivity index (χ4n) is 2.58. The van der Waals surface area contributed by atoms with Gasteiger partial charge in [-0.15, -0.1) is 0 Å². The van der Waals surface area contributed by atoms with Gasteiger partial charge in [-0.05, 0) is 44.7 Å². The van der Waals surface area contributed by atoms with Gasteiger partial charge in [-0.3, -0.25) is 0 Å². The van der Waals surface area contributed by atoms with Crippen LogP contribution in [0.1, 0.15) is 51.0 Å². The molecule has 4 nitrogen and oxygen atoms in total. The highest BCUT2D eigenvalue weighted by atomic mass is 19.1. The highest BCUT2D eigenvalue weighted by Crippen LogP contribution is 2.30. The largest absolute Gasteiger partial charge is 0.476 e. The molecule has 0 aromatic heterocycles. The highest BCUT2D eigenvalue weighted by Gasteiger charge is 2.29. The molecule has 1 aliphatic carbocycles. The van der Waals surface area contributed by atoms with Crippen molar-refractivity contribution < 1.29 is 19.1 Å². The van der Waals surface area contributed by atoms with Crippen LogP contribution in [0.5, 0.6) is 0 Å². The molecule has 0 spiro atoms. The van der Waals surface area contributed by atoms with Crippen molar-refractivity contribution in [3.8, 4) is 0 Å². The van der Waals surface area contributed by atoms with Gasteiger partial charge in [0.1, 0.15) is 11.4 Å². The van der Waals surface area contributed by atoms with Crippen molar-refractivity contribution in [1.82, 2.24) is 0 Å². The quantitative estimate of drug-likeness (QED) is 0.522. The third-order valence-corrected chi connectivity index (χ3v) is 3.85. The SMILES string of the molecule is CC1(ON=C(C(=O)O)c2ccccc2F)CCCCCC1. The molecule has 0 heterocycles. The Labute approximate surface area is 123 Å². The molecular weight excluding hydrogens is 273 g/mol. The standard InChI is InChI=1S/C16H20FNO3/c1-16(10-6-2-3-7-11-16)21-18-14(15(19)20)12-8-4-5-9-13(12)17/h4-5,8-9H,2-3,6-7,10-11H2,1H3,(H,19,20). The number of carboxylic acids is 1. The van der Waals surface area contributed by atoms with E-state index in [-0.39, 0.29) is 5.56 Å². The number of rotatable bonds is 4. The molecule has 1 fully saturated rings. The number of aliphatic carboxylic acids is 1. The van der Waals surface area contributed by atoms with Crippen LogP contribution in [-0.4, -0.2) is 22.4 Å². The predicted molar refractivity (Wildman–Crippen MR) is 77.8 cm³/mol. The molecule has 0 saturated heterocycles. The van der Waals surface area contributed by atoms with E-state index in [1.165, 1.54) is 18.2 Å². The molecule has 1 aromatic carbocycles. The number of hydrogen-bond acceptors (Lipinski definition) is 3. The van der Waals surface area contributed by atoms with Gasteiger partial charge in [0, 0.05) is 5.56 Å². The van der Waals surface area contributed by atoms with E-state index in [4.69, 9.17) is 4.84 Å². The zero-order valence-electron chi connectivity index (χ0n) is 12.1. The Morgan fingerprint density at radius 1 is 1.24 bits per heavy atom. The summed E-state index contributed by atoms with van der Waals surface area (Å²) in [4.78, 5) is 16.8. The molecule has 0 radical (unpaired) electrons. The van der Waals surface area contributed by atoms with Crippen LogP contribution in [0.2, 0.25) is 0 Å². The average Bonchev–Trinajstić information content (AvgIpc) is 2.66. The highest BCUT2D eigenvalue weighted by molar-refractivity contribution is 6.42. The number of hydrogen-bond donors (Lipinski definition) is 1. The van der Waals surface area contributed by atoms with Gasteiger partial charge < -0.3 is 9.94 Å². The van der Waals surface area contributed by atoms with E-state index in [2.05, 4.69) is 5.16 Å². The fourth-order valence-corrected chi connectivity index (χ4v) is 2.58. The molecule has 0 atom stereocenters. The summed E-state index contributed by atoms with van der Waals surface area (Å²) < 4.78 is 13.7. The first-order valence-electron chi connectivity index (χ1n) is 7.26. The summed E-state index contributed by atoms with van der Waals surface area (Å²) >= 11 is 0. The zero-order valence-corrected chi connectivity index (χ0v) is 12.1. The van der Waals surface area contributed by atoms with Crippen molar-refractivity contribution in [2.24, 2.45) is 5.16 Å². The number of benzene rings is 1. The molecule has 1 saturated carbocycles. The molecule has 0 unspecified atom stereocenters. The van der Waals surface area contributed by atoms with Gasteiger partial charge in [-0.1, -0.05) is 30.1 Å². The van der Waals surface area contributed by atoms with Gasteiger partial charge in [0.2, 0.25) is 0 Å². The zero-order chi connectivity index (χ0) is 15.3. The van der Waals surface area contributed by atoms with Crippen molar-refractivity contribution in [1.29, 1.82) is 0 Å². The van der Waals surface area contributed by atoms with E-state index >= 15 is 0 Å². The van der Waals surface area contributed by atoms with Crippen molar-refractivity contribution in [2.75, 3.05) is 0 Å². The van der Waals surface area contributed by atoms with E-state index in [1.54, 1.807) is 6.07 Å². The Morgan fingerprint density at radius 2 is 1.86 bits per heavy atom. The van der Waals surface area contributed by atoms with Crippen molar-refractivity contribution in [3.05, 3.63) is 35.6 Å². The lowest BCUT2D eigenvalue weighted by Crippen LogP contribution is -2.27. The third kappa shape index (κ3) is 4.03. The van der Waals surface area contributed by atoms with E-state index in [9.17, 15) is 14.3 Å². The summed E-state index contributed by atoms with van der Waals surface area (Å²) in [5, 5.41) is 13.0. The number of nitrogens with zero attached hydrogens (tertiary/aromatic N) is 1. The molecule has 0 bridgehead atoms. The van der Waals surface area contributed by atoms with Crippen LogP contribution in [0.25, 0.3) is 0 Å². The first kappa shape index (κ1) is 15.5. The topological polar surface area (TPSA) is 58.9 Å². The molecule has 1 aromatic rings. The first-order valence-corrected chi connectivity index (χ1v) is 7.26. The van der Waals surface area contributed by atoms with Gasteiger partial charge >= 0.3 is 5.97 Å². The molecule has 5 heteroatoms. The molecule has 21 heavy (non-hydrogen) atoms. The lowest BCUT2D eigenvalue weighted by atomic mass is 9.97. The summed E-state index contributed by atoms with van der Waals surface area (Å²) in [6.07, 6.45) is 6.05. The Bertz CT molecular complexity index is 534. The molecule has 1 aliphatic rings.